The third-order valence-electron chi connectivity index (χ3n) is 4.17. The molecule has 0 aliphatic heterocycles. The summed E-state index contributed by atoms with van der Waals surface area (Å²) in [5.41, 5.74) is 3.18. The molecule has 1 N–H and O–H groups in total. The molecule has 2 aliphatic carbocycles. The first kappa shape index (κ1) is 11.4. The van der Waals surface area contributed by atoms with Gasteiger partial charge in [0.1, 0.15) is 0 Å². The van der Waals surface area contributed by atoms with E-state index in [1.165, 1.54) is 25.7 Å². The van der Waals surface area contributed by atoms with Crippen LogP contribution in [0.25, 0.3) is 0 Å². The minimum Gasteiger partial charge on any atom is -0.267 e. The van der Waals surface area contributed by atoms with E-state index < -0.39 is 0 Å². The van der Waals surface area contributed by atoms with Crippen molar-refractivity contribution in [1.29, 1.82) is 0 Å². The first-order valence-corrected chi connectivity index (χ1v) is 6.56. The maximum atomic E-state index is 11.7. The van der Waals surface area contributed by atoms with E-state index in [-0.39, 0.29) is 5.91 Å². The number of nitrogens with one attached hydrogen (secondary N) is 1. The van der Waals surface area contributed by atoms with Gasteiger partial charge in [-0.3, -0.25) is 9.78 Å². The Kier molecular flexibility index (Phi) is 3.09. The Hall–Kier alpha value is -1.71. The molecule has 0 aromatic carbocycles. The molecule has 2 aliphatic rings. The quantitative estimate of drug-likeness (QED) is 0.653. The Labute approximate surface area is 107 Å². The molecule has 4 heteroatoms. The van der Waals surface area contributed by atoms with Crippen molar-refractivity contribution >= 4 is 12.1 Å². The van der Waals surface area contributed by atoms with Crippen molar-refractivity contribution in [1.82, 2.24) is 10.4 Å². The summed E-state index contributed by atoms with van der Waals surface area (Å²) >= 11 is 0. The third kappa shape index (κ3) is 2.28. The van der Waals surface area contributed by atoms with Crippen LogP contribution in [0.1, 0.15) is 36.0 Å². The lowest BCUT2D eigenvalue weighted by Crippen LogP contribution is -2.20. The zero-order valence-corrected chi connectivity index (χ0v) is 10.2. The first-order valence-electron chi connectivity index (χ1n) is 6.56. The third-order valence-corrected chi connectivity index (χ3v) is 4.17. The number of aromatic nitrogens is 1. The molecule has 0 unspecified atom stereocenters. The van der Waals surface area contributed by atoms with Crippen molar-refractivity contribution in [3.8, 4) is 0 Å². The second-order valence-electron chi connectivity index (χ2n) is 5.29. The van der Waals surface area contributed by atoms with Crippen molar-refractivity contribution < 1.29 is 4.79 Å². The number of amides is 1. The van der Waals surface area contributed by atoms with E-state index >= 15 is 0 Å². The number of carbonyl (C=O) groups excluding carboxylic acids is 1. The van der Waals surface area contributed by atoms with Gasteiger partial charge in [0.25, 0.3) is 5.91 Å². The lowest BCUT2D eigenvalue weighted by atomic mass is 9.90. The molecule has 0 radical (unpaired) electrons. The number of hydrazone groups is 1. The largest absolute Gasteiger partial charge is 0.271 e. The molecule has 3 atom stereocenters. The summed E-state index contributed by atoms with van der Waals surface area (Å²) in [6.07, 6.45) is 10.5. The fraction of sp³-hybridized carbons (Fsp3) is 0.500. The smallest absolute Gasteiger partial charge is 0.267 e. The molecule has 1 amide bonds. The van der Waals surface area contributed by atoms with Gasteiger partial charge in [0.15, 0.2) is 0 Å². The van der Waals surface area contributed by atoms with Gasteiger partial charge in [0.05, 0.1) is 0 Å². The number of nitrogens with zero attached hydrogens (tertiary/aromatic N) is 2. The van der Waals surface area contributed by atoms with Crippen LogP contribution in [0.3, 0.4) is 0 Å². The highest BCUT2D eigenvalue weighted by Gasteiger charge is 2.38. The molecule has 94 valence electrons. The maximum Gasteiger partial charge on any atom is 0.271 e. The Bertz CT molecular complexity index is 457. The van der Waals surface area contributed by atoms with Crippen LogP contribution in [0, 0.1) is 17.8 Å². The highest BCUT2D eigenvalue weighted by molar-refractivity contribution is 5.94. The van der Waals surface area contributed by atoms with E-state index in [0.29, 0.717) is 11.5 Å². The molecule has 1 aromatic rings. The van der Waals surface area contributed by atoms with Gasteiger partial charge in [-0.2, -0.15) is 5.10 Å². The van der Waals surface area contributed by atoms with Crippen LogP contribution >= 0.6 is 0 Å². The Balaban J connectivity index is 1.54. The number of fused-ring (bicyclic) bond motifs is 2. The van der Waals surface area contributed by atoms with Crippen molar-refractivity contribution in [3.05, 3.63) is 30.1 Å². The lowest BCUT2D eigenvalue weighted by Gasteiger charge is -2.16. The molecule has 2 saturated carbocycles. The summed E-state index contributed by atoms with van der Waals surface area (Å²) in [6.45, 7) is 0. The fourth-order valence-corrected chi connectivity index (χ4v) is 3.24. The monoisotopic (exact) mass is 243 g/mol. The van der Waals surface area contributed by atoms with E-state index in [0.717, 1.165) is 11.8 Å². The van der Waals surface area contributed by atoms with Gasteiger partial charge in [-0.15, -0.1) is 0 Å². The topological polar surface area (TPSA) is 54.4 Å². The Morgan fingerprint density at radius 2 is 2.17 bits per heavy atom. The van der Waals surface area contributed by atoms with Gasteiger partial charge in [-0.05, 0) is 49.1 Å². The van der Waals surface area contributed by atoms with Gasteiger partial charge < -0.3 is 0 Å². The molecule has 3 rings (SSSR count). The van der Waals surface area contributed by atoms with E-state index in [2.05, 4.69) is 15.5 Å². The first-order chi connectivity index (χ1) is 8.83. The average molecular weight is 243 g/mol. The fourth-order valence-electron chi connectivity index (χ4n) is 3.24. The number of pyridine rings is 1. The van der Waals surface area contributed by atoms with Crippen LogP contribution in [0.5, 0.6) is 0 Å². The molecule has 2 bridgehead atoms. The zero-order valence-electron chi connectivity index (χ0n) is 10.2. The molecule has 18 heavy (non-hydrogen) atoms. The Morgan fingerprint density at radius 1 is 1.33 bits per heavy atom. The van der Waals surface area contributed by atoms with E-state index in [1.54, 1.807) is 24.5 Å². The number of carbonyl (C=O) groups is 1. The minimum absolute atomic E-state index is 0.170. The van der Waals surface area contributed by atoms with E-state index in [1.807, 2.05) is 6.21 Å². The van der Waals surface area contributed by atoms with Crippen LogP contribution in [0.2, 0.25) is 0 Å². The average Bonchev–Trinajstić information content (AvgIpc) is 3.02. The highest BCUT2D eigenvalue weighted by atomic mass is 16.2. The summed E-state index contributed by atoms with van der Waals surface area (Å²) in [5, 5.41) is 4.10. The van der Waals surface area contributed by atoms with Crippen LogP contribution in [-0.4, -0.2) is 17.1 Å². The highest BCUT2D eigenvalue weighted by Crippen LogP contribution is 2.47. The summed E-state index contributed by atoms with van der Waals surface area (Å²) < 4.78 is 0. The molecule has 2 fully saturated rings. The molecule has 0 saturated heterocycles. The molecular weight excluding hydrogens is 226 g/mol. The second-order valence-corrected chi connectivity index (χ2v) is 5.29. The molecule has 1 heterocycles. The maximum absolute atomic E-state index is 11.7. The van der Waals surface area contributed by atoms with Crippen LogP contribution in [-0.2, 0) is 0 Å². The van der Waals surface area contributed by atoms with Crippen molar-refractivity contribution in [2.75, 3.05) is 0 Å². The minimum atomic E-state index is -0.170. The van der Waals surface area contributed by atoms with Gasteiger partial charge >= 0.3 is 0 Å². The van der Waals surface area contributed by atoms with Gasteiger partial charge in [-0.1, -0.05) is 6.42 Å². The summed E-state index contributed by atoms with van der Waals surface area (Å²) in [5.74, 6) is 2.11. The lowest BCUT2D eigenvalue weighted by molar-refractivity contribution is 0.0954. The van der Waals surface area contributed by atoms with Crippen LogP contribution in [0.4, 0.5) is 0 Å². The number of rotatable bonds is 3. The second kappa shape index (κ2) is 4.88. The number of hydrogen-bond acceptors (Lipinski definition) is 3. The molecule has 4 nitrogen and oxygen atoms in total. The molecular formula is C14H17N3O. The van der Waals surface area contributed by atoms with Gasteiger partial charge in [-0.25, -0.2) is 5.43 Å². The van der Waals surface area contributed by atoms with E-state index in [4.69, 9.17) is 0 Å². The van der Waals surface area contributed by atoms with E-state index in [9.17, 15) is 4.79 Å². The van der Waals surface area contributed by atoms with Gasteiger partial charge in [0, 0.05) is 24.2 Å². The summed E-state index contributed by atoms with van der Waals surface area (Å²) in [7, 11) is 0. The molecule has 1 aromatic heterocycles. The predicted octanol–water partition coefficient (Wildman–Crippen LogP) is 2.23. The molecule has 0 spiro atoms. The standard InChI is InChI=1S/C14H17N3O/c18-14(11-3-5-15-6-4-11)17-16-9-13-8-10-1-2-12(13)7-10/h3-6,9-10,12-13H,1-2,7-8H2,(H,17,18)/b16-9-/t10-,12-,13+/m1/s1. The van der Waals surface area contributed by atoms with Crippen LogP contribution < -0.4 is 5.43 Å². The SMILES string of the molecule is O=C(N/N=C\[C@@H]1C[C@@H]2CC[C@@H]1C2)c1ccncc1. The van der Waals surface area contributed by atoms with Gasteiger partial charge in [0.2, 0.25) is 0 Å². The summed E-state index contributed by atoms with van der Waals surface area (Å²) in [6, 6.07) is 3.37. The number of hydrogen-bond donors (Lipinski definition) is 1. The van der Waals surface area contributed by atoms with Crippen LogP contribution in [0.15, 0.2) is 29.6 Å². The van der Waals surface area contributed by atoms with Crippen molar-refractivity contribution in [2.45, 2.75) is 25.7 Å². The normalized spacial score (nSPS) is 29.9. The summed E-state index contributed by atoms with van der Waals surface area (Å²) in [4.78, 5) is 15.6. The zero-order chi connectivity index (χ0) is 12.4. The predicted molar refractivity (Wildman–Crippen MR) is 69.1 cm³/mol. The Morgan fingerprint density at radius 3 is 2.83 bits per heavy atom. The van der Waals surface area contributed by atoms with Crippen molar-refractivity contribution in [3.63, 3.8) is 0 Å². The van der Waals surface area contributed by atoms with Crippen molar-refractivity contribution in [2.24, 2.45) is 22.9 Å².